The fourth-order valence-electron chi connectivity index (χ4n) is 3.08. The molecule has 0 aliphatic heterocycles. The quantitative estimate of drug-likeness (QED) is 0.438. The summed E-state index contributed by atoms with van der Waals surface area (Å²) >= 11 is 1.33. The van der Waals surface area contributed by atoms with Crippen LogP contribution < -0.4 is 16.0 Å². The minimum Gasteiger partial charge on any atom is -0.368 e. The van der Waals surface area contributed by atoms with Crippen molar-refractivity contribution in [1.29, 1.82) is 0 Å². The van der Waals surface area contributed by atoms with Gasteiger partial charge in [0.15, 0.2) is 5.65 Å². The van der Waals surface area contributed by atoms with Crippen LogP contribution in [0.4, 0.5) is 16.2 Å². The van der Waals surface area contributed by atoms with Gasteiger partial charge in [-0.05, 0) is 49.6 Å². The Morgan fingerprint density at radius 1 is 1.13 bits per heavy atom. The Bertz CT molecular complexity index is 1290. The highest BCUT2D eigenvalue weighted by Gasteiger charge is 2.17. The molecule has 0 saturated heterocycles. The number of benzene rings is 1. The lowest BCUT2D eigenvalue weighted by atomic mass is 10.2. The molecular formula is C21H20FN7OS. The first-order chi connectivity index (χ1) is 14.9. The first-order valence-corrected chi connectivity index (χ1v) is 10.5. The lowest BCUT2D eigenvalue weighted by Crippen LogP contribution is -2.26. The summed E-state index contributed by atoms with van der Waals surface area (Å²) in [5, 5.41) is 0. The maximum Gasteiger partial charge on any atom is 0.279 e. The highest BCUT2D eigenvalue weighted by molar-refractivity contribution is 7.99. The van der Waals surface area contributed by atoms with Crippen molar-refractivity contribution in [1.82, 2.24) is 24.5 Å². The molecule has 0 radical (unpaired) electrons. The van der Waals surface area contributed by atoms with Gasteiger partial charge in [-0.1, -0.05) is 18.2 Å². The van der Waals surface area contributed by atoms with E-state index in [9.17, 15) is 9.18 Å². The molecule has 1 aromatic carbocycles. The van der Waals surface area contributed by atoms with Gasteiger partial charge in [0, 0.05) is 23.6 Å². The molecule has 31 heavy (non-hydrogen) atoms. The van der Waals surface area contributed by atoms with Crippen molar-refractivity contribution in [3.63, 3.8) is 0 Å². The van der Waals surface area contributed by atoms with Crippen LogP contribution in [0.25, 0.3) is 22.4 Å². The van der Waals surface area contributed by atoms with E-state index in [2.05, 4.69) is 24.7 Å². The molecule has 0 bridgehead atoms. The fourth-order valence-corrected chi connectivity index (χ4v) is 3.81. The van der Waals surface area contributed by atoms with Gasteiger partial charge in [0.2, 0.25) is 5.95 Å². The van der Waals surface area contributed by atoms with Crippen molar-refractivity contribution < 1.29 is 4.39 Å². The Balaban J connectivity index is 1.59. The number of nitrogen functional groups attached to an aromatic ring is 1. The molecule has 8 nitrogen and oxygen atoms in total. The monoisotopic (exact) mass is 437 g/mol. The molecule has 0 saturated carbocycles. The van der Waals surface area contributed by atoms with Crippen molar-refractivity contribution in [3.05, 3.63) is 70.5 Å². The second-order valence-corrected chi connectivity index (χ2v) is 7.86. The van der Waals surface area contributed by atoms with Crippen LogP contribution in [0.1, 0.15) is 25.5 Å². The van der Waals surface area contributed by atoms with Crippen molar-refractivity contribution in [2.75, 3.05) is 10.5 Å². The van der Waals surface area contributed by atoms with Crippen LogP contribution in [0.3, 0.4) is 0 Å². The standard InChI is InChI=1S/C21H20FN7OS/c1-12(2)29-19-16(10-25-21(23)27-19)26-18(20(29)30)13-7-8-17(24-9-13)28-31-11-14-5-3-4-6-15(14)22/h3-10,12H,11H2,1-2H3,(H,24,28)(H2,23,25,27). The van der Waals surface area contributed by atoms with Crippen LogP contribution in [0.2, 0.25) is 0 Å². The number of halogens is 1. The first-order valence-electron chi connectivity index (χ1n) is 9.56. The number of nitrogens with two attached hydrogens (primary N) is 1. The molecule has 0 unspecified atom stereocenters. The van der Waals surface area contributed by atoms with Gasteiger partial charge >= 0.3 is 0 Å². The average Bonchev–Trinajstić information content (AvgIpc) is 2.75. The van der Waals surface area contributed by atoms with E-state index in [0.717, 1.165) is 0 Å². The number of nitrogens with one attached hydrogen (secondary N) is 1. The van der Waals surface area contributed by atoms with Crippen LogP contribution in [-0.2, 0) is 5.75 Å². The molecule has 3 aromatic heterocycles. The smallest absolute Gasteiger partial charge is 0.279 e. The van der Waals surface area contributed by atoms with Crippen LogP contribution >= 0.6 is 11.9 Å². The molecule has 0 amide bonds. The van der Waals surface area contributed by atoms with Crippen LogP contribution in [-0.4, -0.2) is 24.5 Å². The largest absolute Gasteiger partial charge is 0.368 e. The van der Waals surface area contributed by atoms with Crippen molar-refractivity contribution >= 4 is 34.9 Å². The van der Waals surface area contributed by atoms with E-state index in [-0.39, 0.29) is 29.1 Å². The van der Waals surface area contributed by atoms with Crippen LogP contribution in [0.5, 0.6) is 0 Å². The highest BCUT2D eigenvalue weighted by Crippen LogP contribution is 2.21. The number of hydrogen-bond acceptors (Lipinski definition) is 8. The summed E-state index contributed by atoms with van der Waals surface area (Å²) in [4.78, 5) is 30.1. The maximum absolute atomic E-state index is 13.7. The van der Waals surface area contributed by atoms with Gasteiger partial charge < -0.3 is 10.5 Å². The normalized spacial score (nSPS) is 11.2. The molecule has 0 spiro atoms. The van der Waals surface area contributed by atoms with Gasteiger partial charge in [-0.2, -0.15) is 4.98 Å². The van der Waals surface area contributed by atoms with E-state index in [4.69, 9.17) is 5.73 Å². The Morgan fingerprint density at radius 2 is 1.94 bits per heavy atom. The van der Waals surface area contributed by atoms with Gasteiger partial charge in [0.05, 0.1) is 6.20 Å². The van der Waals surface area contributed by atoms with E-state index in [1.165, 1.54) is 24.2 Å². The first kappa shape index (κ1) is 20.7. The molecule has 158 valence electrons. The zero-order valence-electron chi connectivity index (χ0n) is 16.9. The zero-order chi connectivity index (χ0) is 22.0. The Hall–Kier alpha value is -3.53. The topological polar surface area (TPSA) is 112 Å². The molecule has 0 fully saturated rings. The van der Waals surface area contributed by atoms with Crippen LogP contribution in [0.15, 0.2) is 53.6 Å². The average molecular weight is 438 g/mol. The summed E-state index contributed by atoms with van der Waals surface area (Å²) in [6.07, 6.45) is 3.08. The summed E-state index contributed by atoms with van der Waals surface area (Å²) in [7, 11) is 0. The molecule has 10 heteroatoms. The lowest BCUT2D eigenvalue weighted by molar-refractivity contribution is 0.593. The van der Waals surface area contributed by atoms with Gasteiger partial charge in [-0.3, -0.25) is 9.36 Å². The number of rotatable bonds is 6. The van der Waals surface area contributed by atoms with E-state index in [1.54, 1.807) is 41.1 Å². The molecule has 3 N–H and O–H groups in total. The van der Waals surface area contributed by atoms with Crippen molar-refractivity contribution in [2.45, 2.75) is 25.6 Å². The van der Waals surface area contributed by atoms with E-state index in [1.807, 2.05) is 13.8 Å². The van der Waals surface area contributed by atoms with E-state index >= 15 is 0 Å². The second kappa shape index (κ2) is 8.68. The van der Waals surface area contributed by atoms with Gasteiger partial charge in [0.1, 0.15) is 22.8 Å². The summed E-state index contributed by atoms with van der Waals surface area (Å²) in [5.41, 5.74) is 7.71. The molecule has 0 atom stereocenters. The number of fused-ring (bicyclic) bond motifs is 1. The van der Waals surface area contributed by atoms with Crippen LogP contribution in [0, 0.1) is 5.82 Å². The predicted molar refractivity (Wildman–Crippen MR) is 121 cm³/mol. The SMILES string of the molecule is CC(C)n1c(=O)c(-c2ccc(NSCc3ccccc3F)nc2)nc2cnc(N)nc21. The minimum absolute atomic E-state index is 0.0841. The molecular weight excluding hydrogens is 417 g/mol. The van der Waals surface area contributed by atoms with Crippen molar-refractivity contribution in [2.24, 2.45) is 0 Å². The zero-order valence-corrected chi connectivity index (χ0v) is 17.7. The van der Waals surface area contributed by atoms with Gasteiger partial charge in [-0.25, -0.2) is 19.3 Å². The molecule has 3 heterocycles. The second-order valence-electron chi connectivity index (χ2n) is 7.08. The Labute approximate surface area is 181 Å². The maximum atomic E-state index is 13.7. The predicted octanol–water partition coefficient (Wildman–Crippen LogP) is 3.81. The fraction of sp³-hybridized carbons (Fsp3) is 0.190. The Morgan fingerprint density at radius 3 is 2.65 bits per heavy atom. The lowest BCUT2D eigenvalue weighted by Gasteiger charge is -2.14. The Kier molecular flexibility index (Phi) is 5.81. The third-order valence-corrected chi connectivity index (χ3v) is 5.37. The van der Waals surface area contributed by atoms with Gasteiger partial charge in [-0.15, -0.1) is 0 Å². The molecule has 0 aliphatic rings. The summed E-state index contributed by atoms with van der Waals surface area (Å²) in [5.74, 6) is 0.881. The number of hydrogen-bond donors (Lipinski definition) is 2. The summed E-state index contributed by atoms with van der Waals surface area (Å²) in [6, 6.07) is 9.99. The van der Waals surface area contributed by atoms with E-state index < -0.39 is 0 Å². The molecule has 0 aliphatic carbocycles. The number of pyridine rings is 1. The highest BCUT2D eigenvalue weighted by atomic mass is 32.2. The van der Waals surface area contributed by atoms with Gasteiger partial charge in [0.25, 0.3) is 5.56 Å². The number of anilines is 2. The number of aromatic nitrogens is 5. The minimum atomic E-state index is -0.281. The summed E-state index contributed by atoms with van der Waals surface area (Å²) < 4.78 is 18.3. The third kappa shape index (κ3) is 4.33. The summed E-state index contributed by atoms with van der Waals surface area (Å²) in [6.45, 7) is 3.78. The molecule has 4 rings (SSSR count). The third-order valence-electron chi connectivity index (χ3n) is 4.57. The molecule has 4 aromatic rings. The number of nitrogens with zero attached hydrogens (tertiary/aromatic N) is 5. The van der Waals surface area contributed by atoms with E-state index in [0.29, 0.717) is 33.9 Å². The van der Waals surface area contributed by atoms with Crippen molar-refractivity contribution in [3.8, 4) is 11.3 Å².